The highest BCUT2D eigenvalue weighted by molar-refractivity contribution is 5.59. The van der Waals surface area contributed by atoms with Crippen LogP contribution >= 0.6 is 0 Å². The molecule has 0 radical (unpaired) electrons. The number of nitrogens with one attached hydrogen (secondary N) is 1. The molecule has 1 aromatic carbocycles. The zero-order chi connectivity index (χ0) is 16.2. The summed E-state index contributed by atoms with van der Waals surface area (Å²) >= 11 is 0. The molecule has 3 aromatic rings. The molecule has 0 fully saturated rings. The van der Waals surface area contributed by atoms with Gasteiger partial charge in [0.15, 0.2) is 5.65 Å². The van der Waals surface area contributed by atoms with Gasteiger partial charge in [-0.1, -0.05) is 0 Å². The summed E-state index contributed by atoms with van der Waals surface area (Å²) in [7, 11) is 4.03. The summed E-state index contributed by atoms with van der Waals surface area (Å²) in [6.07, 6.45) is 1.83. The van der Waals surface area contributed by atoms with Gasteiger partial charge in [0.05, 0.1) is 0 Å². The maximum atomic E-state index is 5.71. The molecule has 0 aliphatic carbocycles. The molecule has 3 rings (SSSR count). The number of ether oxygens (including phenoxy) is 1. The summed E-state index contributed by atoms with van der Waals surface area (Å²) in [5.74, 6) is 1.31. The van der Waals surface area contributed by atoms with Crippen molar-refractivity contribution in [1.82, 2.24) is 19.5 Å². The number of fused-ring (bicyclic) bond motifs is 1. The third-order valence-corrected chi connectivity index (χ3v) is 3.28. The largest absolute Gasteiger partial charge is 0.492 e. The molecule has 0 amide bonds. The first-order chi connectivity index (χ1) is 11.1. The standard InChI is InChI=1S/C16H20N6O/c1-21(2)9-10-23-14-7-8-22-15(11-14)19-16(20-22)18-13-5-3-12(17)4-6-13/h3-8,11H,9-10,17H2,1-2H3,(H,18,20). The summed E-state index contributed by atoms with van der Waals surface area (Å²) in [6.45, 7) is 1.50. The van der Waals surface area contributed by atoms with E-state index < -0.39 is 0 Å². The predicted molar refractivity (Wildman–Crippen MR) is 91.2 cm³/mol. The summed E-state index contributed by atoms with van der Waals surface area (Å²) in [5, 5.41) is 7.53. The van der Waals surface area contributed by atoms with Crippen molar-refractivity contribution in [1.29, 1.82) is 0 Å². The van der Waals surface area contributed by atoms with Crippen LogP contribution in [0.25, 0.3) is 5.65 Å². The van der Waals surface area contributed by atoms with Gasteiger partial charge in [0.1, 0.15) is 12.4 Å². The highest BCUT2D eigenvalue weighted by Gasteiger charge is 2.05. The molecular formula is C16H20N6O. The second kappa shape index (κ2) is 6.53. The fraction of sp³-hybridized carbons (Fsp3) is 0.250. The number of likely N-dealkylation sites (N-methyl/N-ethyl adjacent to an activating group) is 1. The monoisotopic (exact) mass is 312 g/mol. The average Bonchev–Trinajstić information content (AvgIpc) is 2.91. The molecule has 7 nitrogen and oxygen atoms in total. The van der Waals surface area contributed by atoms with E-state index in [9.17, 15) is 0 Å². The molecule has 0 aliphatic heterocycles. The summed E-state index contributed by atoms with van der Waals surface area (Å²) in [4.78, 5) is 6.53. The van der Waals surface area contributed by atoms with Crippen molar-refractivity contribution < 1.29 is 4.74 Å². The SMILES string of the molecule is CN(C)CCOc1ccn2nc(Nc3ccc(N)cc3)nc2c1. The number of aromatic nitrogens is 3. The summed E-state index contributed by atoms with van der Waals surface area (Å²) < 4.78 is 7.42. The minimum Gasteiger partial charge on any atom is -0.492 e. The fourth-order valence-electron chi connectivity index (χ4n) is 2.05. The highest BCUT2D eigenvalue weighted by Crippen LogP contribution is 2.18. The number of nitrogen functional groups attached to an aromatic ring is 1. The zero-order valence-electron chi connectivity index (χ0n) is 13.2. The number of rotatable bonds is 6. The maximum absolute atomic E-state index is 5.71. The molecule has 23 heavy (non-hydrogen) atoms. The Morgan fingerprint density at radius 3 is 2.74 bits per heavy atom. The first kappa shape index (κ1) is 15.1. The van der Waals surface area contributed by atoms with Crippen molar-refractivity contribution in [2.24, 2.45) is 0 Å². The Labute approximate surface area is 134 Å². The molecule has 0 bridgehead atoms. The van der Waals surface area contributed by atoms with Crippen LogP contribution < -0.4 is 15.8 Å². The normalized spacial score (nSPS) is 11.1. The maximum Gasteiger partial charge on any atom is 0.247 e. The van der Waals surface area contributed by atoms with Crippen LogP contribution in [0.2, 0.25) is 0 Å². The van der Waals surface area contributed by atoms with Crippen molar-refractivity contribution in [3.05, 3.63) is 42.6 Å². The molecule has 2 heterocycles. The van der Waals surface area contributed by atoms with Crippen LogP contribution in [0.3, 0.4) is 0 Å². The number of anilines is 3. The fourth-order valence-corrected chi connectivity index (χ4v) is 2.05. The van der Waals surface area contributed by atoms with E-state index in [1.165, 1.54) is 0 Å². The van der Waals surface area contributed by atoms with E-state index in [1.54, 1.807) is 4.52 Å². The molecule has 2 aromatic heterocycles. The first-order valence-corrected chi connectivity index (χ1v) is 7.37. The van der Waals surface area contributed by atoms with Gasteiger partial charge in [-0.25, -0.2) is 4.52 Å². The van der Waals surface area contributed by atoms with E-state index in [-0.39, 0.29) is 0 Å². The average molecular weight is 312 g/mol. The second-order valence-corrected chi connectivity index (χ2v) is 5.50. The number of nitrogens with zero attached hydrogens (tertiary/aromatic N) is 4. The van der Waals surface area contributed by atoms with Crippen LogP contribution in [0, 0.1) is 0 Å². The topological polar surface area (TPSA) is 80.7 Å². The van der Waals surface area contributed by atoms with E-state index in [2.05, 4.69) is 20.3 Å². The Bertz CT molecular complexity index is 781. The smallest absolute Gasteiger partial charge is 0.247 e. The van der Waals surface area contributed by atoms with Gasteiger partial charge < -0.3 is 20.7 Å². The Morgan fingerprint density at radius 2 is 2.00 bits per heavy atom. The second-order valence-electron chi connectivity index (χ2n) is 5.50. The summed E-state index contributed by atoms with van der Waals surface area (Å²) in [6, 6.07) is 11.2. The number of nitrogens with two attached hydrogens (primary N) is 1. The molecule has 0 aliphatic rings. The Kier molecular flexibility index (Phi) is 4.29. The van der Waals surface area contributed by atoms with Crippen LogP contribution in [0.1, 0.15) is 0 Å². The first-order valence-electron chi connectivity index (χ1n) is 7.37. The van der Waals surface area contributed by atoms with E-state index >= 15 is 0 Å². The Balaban J connectivity index is 1.72. The lowest BCUT2D eigenvalue weighted by Crippen LogP contribution is -2.19. The van der Waals surface area contributed by atoms with Crippen LogP contribution in [0.4, 0.5) is 17.3 Å². The van der Waals surface area contributed by atoms with Gasteiger partial charge in [-0.15, -0.1) is 5.10 Å². The third kappa shape index (κ3) is 3.89. The van der Waals surface area contributed by atoms with E-state index in [4.69, 9.17) is 10.5 Å². The van der Waals surface area contributed by atoms with E-state index in [0.717, 1.165) is 29.3 Å². The minimum atomic E-state index is 0.528. The number of pyridine rings is 1. The quantitative estimate of drug-likeness (QED) is 0.678. The molecule has 3 N–H and O–H groups in total. The minimum absolute atomic E-state index is 0.528. The third-order valence-electron chi connectivity index (χ3n) is 3.28. The van der Waals surface area contributed by atoms with Gasteiger partial charge in [-0.3, -0.25) is 0 Å². The number of hydrogen-bond donors (Lipinski definition) is 2. The van der Waals surface area contributed by atoms with Crippen LogP contribution in [-0.2, 0) is 0 Å². The van der Waals surface area contributed by atoms with Gasteiger partial charge in [-0.05, 0) is 44.4 Å². The van der Waals surface area contributed by atoms with Crippen LogP contribution in [0.5, 0.6) is 5.75 Å². The lowest BCUT2D eigenvalue weighted by Gasteiger charge is -2.10. The number of hydrogen-bond acceptors (Lipinski definition) is 6. The van der Waals surface area contributed by atoms with E-state index in [0.29, 0.717) is 12.6 Å². The molecule has 0 unspecified atom stereocenters. The van der Waals surface area contributed by atoms with Crippen molar-refractivity contribution in [3.8, 4) is 5.75 Å². The number of benzene rings is 1. The molecular weight excluding hydrogens is 292 g/mol. The highest BCUT2D eigenvalue weighted by atomic mass is 16.5. The van der Waals surface area contributed by atoms with Crippen molar-refractivity contribution in [2.75, 3.05) is 38.3 Å². The van der Waals surface area contributed by atoms with E-state index in [1.807, 2.05) is 56.7 Å². The van der Waals surface area contributed by atoms with Gasteiger partial charge in [0, 0.05) is 30.2 Å². The molecule has 0 spiro atoms. The van der Waals surface area contributed by atoms with Crippen LogP contribution in [-0.4, -0.2) is 46.7 Å². The lowest BCUT2D eigenvalue weighted by atomic mass is 10.3. The Morgan fingerprint density at radius 1 is 1.22 bits per heavy atom. The molecule has 0 saturated carbocycles. The van der Waals surface area contributed by atoms with Gasteiger partial charge >= 0.3 is 0 Å². The molecule has 7 heteroatoms. The predicted octanol–water partition coefficient (Wildman–Crippen LogP) is 2.00. The van der Waals surface area contributed by atoms with Gasteiger partial charge in [0.2, 0.25) is 5.95 Å². The van der Waals surface area contributed by atoms with Crippen molar-refractivity contribution in [2.45, 2.75) is 0 Å². The lowest BCUT2D eigenvalue weighted by molar-refractivity contribution is 0.261. The van der Waals surface area contributed by atoms with Gasteiger partial charge in [-0.2, -0.15) is 4.98 Å². The summed E-state index contributed by atoms with van der Waals surface area (Å²) in [5.41, 5.74) is 8.01. The zero-order valence-corrected chi connectivity index (χ0v) is 13.2. The van der Waals surface area contributed by atoms with Crippen molar-refractivity contribution >= 4 is 23.0 Å². The van der Waals surface area contributed by atoms with Crippen molar-refractivity contribution in [3.63, 3.8) is 0 Å². The molecule has 0 atom stereocenters. The Hall–Kier alpha value is -2.80. The molecule has 0 saturated heterocycles. The van der Waals surface area contributed by atoms with Crippen LogP contribution in [0.15, 0.2) is 42.6 Å². The van der Waals surface area contributed by atoms with Gasteiger partial charge in [0.25, 0.3) is 0 Å². The molecule has 120 valence electrons.